The molecule has 9 heteroatoms. The molecule has 2 saturated heterocycles. The molecule has 2 fully saturated rings. The van der Waals surface area contributed by atoms with Crippen LogP contribution in [0.5, 0.6) is 0 Å². The predicted octanol–water partition coefficient (Wildman–Crippen LogP) is 2.28. The van der Waals surface area contributed by atoms with Crippen molar-refractivity contribution in [1.29, 1.82) is 0 Å². The van der Waals surface area contributed by atoms with Gasteiger partial charge in [0.1, 0.15) is 6.10 Å². The second kappa shape index (κ2) is 8.02. The van der Waals surface area contributed by atoms with E-state index in [1.165, 1.54) is 0 Å². The Hall–Kier alpha value is -1.59. The Kier molecular flexibility index (Phi) is 5.90. The lowest BCUT2D eigenvalue weighted by Crippen LogP contribution is -2.70. The lowest BCUT2D eigenvalue weighted by atomic mass is 10.1. The molecular weight excluding hydrogens is 446 g/mol. The van der Waals surface area contributed by atoms with Crippen LogP contribution in [0.4, 0.5) is 0 Å². The fraction of sp³-hybridized carbons (Fsp3) is 0.478. The molecule has 7 nitrogen and oxygen atoms in total. The van der Waals surface area contributed by atoms with E-state index in [1.807, 2.05) is 36.4 Å². The molecule has 1 N–H and O–H groups in total. The summed E-state index contributed by atoms with van der Waals surface area (Å²) in [6.45, 7) is 9.85. The number of fused-ring (bicyclic) bond motifs is 1. The number of hydrogen-bond acceptors (Lipinski definition) is 6. The molecule has 0 radical (unpaired) electrons. The van der Waals surface area contributed by atoms with Gasteiger partial charge in [-0.15, -0.1) is 0 Å². The van der Waals surface area contributed by atoms with Gasteiger partial charge in [0.25, 0.3) is 8.32 Å². The monoisotopic (exact) mass is 477 g/mol. The smallest absolute Gasteiger partial charge is 0.338 e. The predicted molar refractivity (Wildman–Crippen MR) is 124 cm³/mol. The highest BCUT2D eigenvalue weighted by Gasteiger charge is 2.61. The maximum Gasteiger partial charge on any atom is 0.338 e. The van der Waals surface area contributed by atoms with Gasteiger partial charge in [0.15, 0.2) is 11.5 Å². The zero-order valence-electron chi connectivity index (χ0n) is 19.1. The van der Waals surface area contributed by atoms with Crippen LogP contribution < -0.4 is 15.1 Å². The quantitative estimate of drug-likeness (QED) is 0.666. The summed E-state index contributed by atoms with van der Waals surface area (Å²) < 4.78 is 51.3. The minimum atomic E-state index is -4.00. The maximum absolute atomic E-state index is 12.4. The molecule has 0 aromatic heterocycles. The van der Waals surface area contributed by atoms with E-state index in [9.17, 15) is 8.42 Å². The topological polar surface area (TPSA) is 83.1 Å². The molecule has 174 valence electrons. The van der Waals surface area contributed by atoms with Crippen molar-refractivity contribution >= 4 is 29.0 Å². The molecule has 2 atom stereocenters. The third kappa shape index (κ3) is 4.18. The second-order valence-corrected chi connectivity index (χ2v) is 15.4. The molecule has 0 spiro atoms. The first kappa shape index (κ1) is 23.6. The Labute approximate surface area is 191 Å². The number of benzene rings is 2. The van der Waals surface area contributed by atoms with E-state index >= 15 is 0 Å². The van der Waals surface area contributed by atoms with Crippen molar-refractivity contribution in [3.63, 3.8) is 0 Å². The number of ether oxygens (including phenoxy) is 2. The van der Waals surface area contributed by atoms with Gasteiger partial charge in [0.2, 0.25) is 0 Å². The van der Waals surface area contributed by atoms with Gasteiger partial charge in [-0.25, -0.2) is 0 Å². The summed E-state index contributed by atoms with van der Waals surface area (Å²) in [6.07, 6.45) is -0.640. The average Bonchev–Trinajstić information content (AvgIpc) is 2.97. The van der Waals surface area contributed by atoms with Crippen LogP contribution in [0.1, 0.15) is 34.6 Å². The van der Waals surface area contributed by atoms with Gasteiger partial charge in [0.05, 0.1) is 13.2 Å². The standard InChI is InChI=1S/C23H31NO6SSi/c1-21(2,3)32(18-12-8-6-9-13-18,19-14-10-7-11-15-19)28-17-23-20(29-22(4,5)30-23)16-27-31(25,26)24-23/h6-15,20,24H,16-17H2,1-5H3/t20?,23-/m0/s1. The van der Waals surface area contributed by atoms with Crippen molar-refractivity contribution in [3.05, 3.63) is 60.7 Å². The summed E-state index contributed by atoms with van der Waals surface area (Å²) in [5, 5.41) is 1.93. The van der Waals surface area contributed by atoms with E-state index in [0.29, 0.717) is 0 Å². The van der Waals surface area contributed by atoms with Crippen LogP contribution in [0.2, 0.25) is 5.04 Å². The van der Waals surface area contributed by atoms with Crippen LogP contribution in [0.15, 0.2) is 60.7 Å². The van der Waals surface area contributed by atoms with Crippen molar-refractivity contribution in [2.24, 2.45) is 0 Å². The van der Waals surface area contributed by atoms with Gasteiger partial charge < -0.3 is 13.9 Å². The summed E-state index contributed by atoms with van der Waals surface area (Å²) in [5.74, 6) is -0.990. The summed E-state index contributed by atoms with van der Waals surface area (Å²) in [5.41, 5.74) is -1.38. The zero-order valence-corrected chi connectivity index (χ0v) is 20.9. The van der Waals surface area contributed by atoms with Crippen LogP contribution >= 0.6 is 0 Å². The molecule has 2 aliphatic rings. The van der Waals surface area contributed by atoms with Crippen molar-refractivity contribution in [1.82, 2.24) is 4.72 Å². The van der Waals surface area contributed by atoms with E-state index in [1.54, 1.807) is 13.8 Å². The number of hydrogen-bond donors (Lipinski definition) is 1. The van der Waals surface area contributed by atoms with Gasteiger partial charge in [-0.3, -0.25) is 4.18 Å². The van der Waals surface area contributed by atoms with Crippen molar-refractivity contribution in [2.45, 2.75) is 57.3 Å². The molecule has 1 unspecified atom stereocenters. The van der Waals surface area contributed by atoms with E-state index in [2.05, 4.69) is 49.8 Å². The molecule has 2 heterocycles. The first-order valence-corrected chi connectivity index (χ1v) is 14.0. The fourth-order valence-electron chi connectivity index (χ4n) is 4.74. The van der Waals surface area contributed by atoms with E-state index in [0.717, 1.165) is 10.4 Å². The number of nitrogens with one attached hydrogen (secondary N) is 1. The average molecular weight is 478 g/mol. The Morgan fingerprint density at radius 3 is 2.06 bits per heavy atom. The van der Waals surface area contributed by atoms with Crippen LogP contribution in [-0.2, 0) is 28.4 Å². The molecule has 2 aromatic carbocycles. The largest absolute Gasteiger partial charge is 0.403 e. The lowest BCUT2D eigenvalue weighted by molar-refractivity contribution is -0.171. The molecule has 0 amide bonds. The molecule has 32 heavy (non-hydrogen) atoms. The van der Waals surface area contributed by atoms with Gasteiger partial charge in [-0.05, 0) is 29.3 Å². The number of rotatable bonds is 5. The van der Waals surface area contributed by atoms with Gasteiger partial charge in [-0.1, -0.05) is 81.4 Å². The fourth-order valence-corrected chi connectivity index (χ4v) is 10.3. The SMILES string of the molecule is CC1(C)OC2COS(=O)(=O)N[C@@]2(CO[Si](c2ccccc2)(c2ccccc2)C(C)(C)C)O1. The van der Waals surface area contributed by atoms with Crippen molar-refractivity contribution in [2.75, 3.05) is 13.2 Å². The van der Waals surface area contributed by atoms with Gasteiger partial charge >= 0.3 is 10.3 Å². The van der Waals surface area contributed by atoms with Crippen LogP contribution in [0, 0.1) is 0 Å². The molecular formula is C23H31NO6SSi. The van der Waals surface area contributed by atoms with Crippen molar-refractivity contribution in [3.8, 4) is 0 Å². The Morgan fingerprint density at radius 2 is 1.56 bits per heavy atom. The van der Waals surface area contributed by atoms with Crippen LogP contribution in [0.3, 0.4) is 0 Å². The summed E-state index contributed by atoms with van der Waals surface area (Å²) >= 11 is 0. The third-order valence-corrected chi connectivity index (χ3v) is 12.0. The van der Waals surface area contributed by atoms with E-state index in [-0.39, 0.29) is 18.3 Å². The van der Waals surface area contributed by atoms with Crippen molar-refractivity contribution < 1.29 is 26.5 Å². The first-order valence-electron chi connectivity index (χ1n) is 10.7. The molecule has 2 aliphatic heterocycles. The van der Waals surface area contributed by atoms with E-state index in [4.69, 9.17) is 18.1 Å². The molecule has 2 aromatic rings. The van der Waals surface area contributed by atoms with E-state index < -0.39 is 36.2 Å². The molecule has 0 bridgehead atoms. The highest BCUT2D eigenvalue weighted by molar-refractivity contribution is 7.84. The van der Waals surface area contributed by atoms with Crippen LogP contribution in [0.25, 0.3) is 0 Å². The Balaban J connectivity index is 1.82. The Morgan fingerprint density at radius 1 is 1.03 bits per heavy atom. The maximum atomic E-state index is 12.4. The van der Waals surface area contributed by atoms with Gasteiger partial charge in [-0.2, -0.15) is 13.1 Å². The highest BCUT2D eigenvalue weighted by atomic mass is 32.2. The third-order valence-electron chi connectivity index (χ3n) is 5.97. The molecule has 0 aliphatic carbocycles. The summed E-state index contributed by atoms with van der Waals surface area (Å²) in [7, 11) is -6.90. The molecule has 4 rings (SSSR count). The minimum absolute atomic E-state index is 0.0169. The lowest BCUT2D eigenvalue weighted by Gasteiger charge is -2.46. The minimum Gasteiger partial charge on any atom is -0.403 e. The van der Waals surface area contributed by atoms with Gasteiger partial charge in [0, 0.05) is 0 Å². The highest BCUT2D eigenvalue weighted by Crippen LogP contribution is 2.41. The van der Waals surface area contributed by atoms with Crippen LogP contribution in [-0.4, -0.2) is 47.6 Å². The Bertz CT molecular complexity index is 1020. The summed E-state index contributed by atoms with van der Waals surface area (Å²) in [4.78, 5) is 0. The second-order valence-electron chi connectivity index (χ2n) is 9.79. The first-order chi connectivity index (χ1) is 14.9. The zero-order chi connectivity index (χ0) is 23.3. The normalized spacial score (nSPS) is 27.1. The summed E-state index contributed by atoms with van der Waals surface area (Å²) in [6, 6.07) is 20.3. The molecule has 0 saturated carbocycles.